The van der Waals surface area contributed by atoms with Gasteiger partial charge in [0.15, 0.2) is 11.5 Å². The average Bonchev–Trinajstić information content (AvgIpc) is 2.96. The molecule has 0 aliphatic carbocycles. The highest BCUT2D eigenvalue weighted by atomic mass is 16.5. The van der Waals surface area contributed by atoms with Gasteiger partial charge in [0.05, 0.1) is 27.9 Å². The van der Waals surface area contributed by atoms with E-state index in [1.807, 2.05) is 0 Å². The third-order valence-corrected chi connectivity index (χ3v) is 7.34. The predicted molar refractivity (Wildman–Crippen MR) is 164 cm³/mol. The van der Waals surface area contributed by atoms with E-state index >= 15 is 0 Å². The molecule has 0 amide bonds. The van der Waals surface area contributed by atoms with Crippen molar-refractivity contribution in [2.75, 3.05) is 27.9 Å². The first kappa shape index (κ1) is 34.9. The predicted octanol–water partition coefficient (Wildman–Crippen LogP) is 10.1. The third kappa shape index (κ3) is 17.9. The maximum absolute atomic E-state index is 12.1. The Hall–Kier alpha value is -2.17. The fraction of sp³-hybridized carbons (Fsp3) is 0.735. The number of ether oxygens (including phenoxy) is 4. The first-order chi connectivity index (χ1) is 19.2. The summed E-state index contributed by atoms with van der Waals surface area (Å²) in [6.07, 6.45) is 30.3. The van der Waals surface area contributed by atoms with Crippen molar-refractivity contribution in [1.82, 2.24) is 0 Å². The van der Waals surface area contributed by atoms with Gasteiger partial charge in [-0.05, 0) is 30.2 Å². The summed E-state index contributed by atoms with van der Waals surface area (Å²) in [4.78, 5) is 12.1. The number of benzene rings is 1. The maximum Gasteiger partial charge on any atom is 0.330 e. The molecule has 39 heavy (non-hydrogen) atoms. The van der Waals surface area contributed by atoms with Gasteiger partial charge >= 0.3 is 5.97 Å². The summed E-state index contributed by atoms with van der Waals surface area (Å²) in [5, 5.41) is 0. The van der Waals surface area contributed by atoms with E-state index in [0.717, 1.165) is 18.4 Å². The number of unbranched alkanes of at least 4 members (excludes halogenated alkanes) is 19. The molecule has 0 radical (unpaired) electrons. The van der Waals surface area contributed by atoms with Crippen LogP contribution in [0.2, 0.25) is 0 Å². The Bertz CT molecular complexity index is 733. The van der Waals surface area contributed by atoms with Crippen molar-refractivity contribution in [3.63, 3.8) is 0 Å². The second-order valence-corrected chi connectivity index (χ2v) is 10.7. The summed E-state index contributed by atoms with van der Waals surface area (Å²) in [6.45, 7) is 2.76. The molecule has 1 aromatic carbocycles. The molecule has 5 heteroatoms. The van der Waals surface area contributed by atoms with Crippen LogP contribution in [0.4, 0.5) is 0 Å². The van der Waals surface area contributed by atoms with Crippen LogP contribution in [0.3, 0.4) is 0 Å². The Kier molecular flexibility index (Phi) is 22.2. The number of carbonyl (C=O) groups excluding carboxylic acids is 1. The van der Waals surface area contributed by atoms with Gasteiger partial charge in [-0.2, -0.15) is 0 Å². The fourth-order valence-electron chi connectivity index (χ4n) is 4.94. The van der Waals surface area contributed by atoms with Crippen LogP contribution in [0.15, 0.2) is 18.2 Å². The molecule has 0 atom stereocenters. The van der Waals surface area contributed by atoms with Crippen LogP contribution in [0.25, 0.3) is 6.08 Å². The third-order valence-electron chi connectivity index (χ3n) is 7.34. The largest absolute Gasteiger partial charge is 0.493 e. The maximum atomic E-state index is 12.1. The first-order valence-corrected chi connectivity index (χ1v) is 15.8. The van der Waals surface area contributed by atoms with Crippen LogP contribution in [0, 0.1) is 0 Å². The Morgan fingerprint density at radius 1 is 0.590 bits per heavy atom. The SMILES string of the molecule is CCCCCCCCCCCCCCCCCCCCCCOC(=O)/C=C/c1cc(OC)c(OC)c(OC)c1. The molecule has 0 bridgehead atoms. The molecule has 1 aromatic rings. The van der Waals surface area contributed by atoms with Gasteiger partial charge < -0.3 is 18.9 Å². The molecule has 0 fully saturated rings. The lowest BCUT2D eigenvalue weighted by Gasteiger charge is -2.12. The number of carbonyl (C=O) groups is 1. The summed E-state index contributed by atoms with van der Waals surface area (Å²) >= 11 is 0. The zero-order chi connectivity index (χ0) is 28.4. The van der Waals surface area contributed by atoms with Crippen molar-refractivity contribution in [1.29, 1.82) is 0 Å². The Morgan fingerprint density at radius 3 is 1.33 bits per heavy atom. The molecule has 0 saturated carbocycles. The number of esters is 1. The van der Waals surface area contributed by atoms with Crippen LogP contribution in [-0.4, -0.2) is 33.9 Å². The molecule has 224 valence electrons. The van der Waals surface area contributed by atoms with E-state index in [2.05, 4.69) is 6.92 Å². The normalized spacial score (nSPS) is 11.2. The highest BCUT2D eigenvalue weighted by Gasteiger charge is 2.12. The zero-order valence-corrected chi connectivity index (χ0v) is 25.7. The molecule has 0 heterocycles. The second-order valence-electron chi connectivity index (χ2n) is 10.7. The van der Waals surface area contributed by atoms with E-state index in [0.29, 0.717) is 23.9 Å². The monoisotopic (exact) mass is 546 g/mol. The summed E-state index contributed by atoms with van der Waals surface area (Å²) in [5.74, 6) is 1.30. The van der Waals surface area contributed by atoms with E-state index in [4.69, 9.17) is 18.9 Å². The van der Waals surface area contributed by atoms with Gasteiger partial charge in [-0.3, -0.25) is 0 Å². The quantitative estimate of drug-likeness (QED) is 0.0657. The smallest absolute Gasteiger partial charge is 0.330 e. The number of hydrogen-bond acceptors (Lipinski definition) is 5. The minimum absolute atomic E-state index is 0.332. The molecule has 0 unspecified atom stereocenters. The van der Waals surface area contributed by atoms with Crippen LogP contribution in [0.1, 0.15) is 141 Å². The number of rotatable bonds is 26. The van der Waals surface area contributed by atoms with Gasteiger partial charge in [0, 0.05) is 6.08 Å². The Balaban J connectivity index is 1.93. The van der Waals surface area contributed by atoms with Crippen molar-refractivity contribution in [2.45, 2.75) is 135 Å². The molecular weight excluding hydrogens is 488 g/mol. The number of methoxy groups -OCH3 is 3. The van der Waals surface area contributed by atoms with Crippen molar-refractivity contribution in [3.05, 3.63) is 23.8 Å². The molecular formula is C34H58O5. The number of hydrogen-bond donors (Lipinski definition) is 0. The summed E-state index contributed by atoms with van der Waals surface area (Å²) in [5.41, 5.74) is 0.778. The standard InChI is InChI=1S/C34H58O5/c1-5-6-7-8-9-10-11-12-13-14-15-16-17-18-19-20-21-22-23-24-27-39-33(35)26-25-30-28-31(36-2)34(38-4)32(29-30)37-3/h25-26,28-29H,5-24,27H2,1-4H3/b26-25+. The van der Waals surface area contributed by atoms with Crippen LogP contribution in [0.5, 0.6) is 17.2 Å². The van der Waals surface area contributed by atoms with Crippen LogP contribution in [-0.2, 0) is 9.53 Å². The Labute approximate surface area is 240 Å². The van der Waals surface area contributed by atoms with Crippen LogP contribution >= 0.6 is 0 Å². The van der Waals surface area contributed by atoms with Gasteiger partial charge in [-0.25, -0.2) is 4.79 Å². The molecule has 1 rings (SSSR count). The molecule has 0 saturated heterocycles. The van der Waals surface area contributed by atoms with Gasteiger partial charge in [0.25, 0.3) is 0 Å². The molecule has 0 aliphatic rings. The molecule has 0 aliphatic heterocycles. The molecule has 0 aromatic heterocycles. The topological polar surface area (TPSA) is 54.0 Å². The van der Waals surface area contributed by atoms with Gasteiger partial charge in [-0.15, -0.1) is 0 Å². The van der Waals surface area contributed by atoms with Gasteiger partial charge in [0.1, 0.15) is 0 Å². The van der Waals surface area contributed by atoms with Crippen molar-refractivity contribution >= 4 is 12.0 Å². The van der Waals surface area contributed by atoms with E-state index in [1.54, 1.807) is 39.5 Å². The highest BCUT2D eigenvalue weighted by molar-refractivity contribution is 5.87. The lowest BCUT2D eigenvalue weighted by molar-refractivity contribution is -0.137. The molecule has 0 N–H and O–H groups in total. The lowest BCUT2D eigenvalue weighted by Crippen LogP contribution is -2.02. The van der Waals surface area contributed by atoms with Crippen molar-refractivity contribution in [3.8, 4) is 17.2 Å². The minimum atomic E-state index is -0.332. The zero-order valence-electron chi connectivity index (χ0n) is 25.7. The lowest BCUT2D eigenvalue weighted by atomic mass is 10.0. The fourth-order valence-corrected chi connectivity index (χ4v) is 4.94. The Morgan fingerprint density at radius 2 is 0.974 bits per heavy atom. The van der Waals surface area contributed by atoms with Gasteiger partial charge in [0.2, 0.25) is 5.75 Å². The van der Waals surface area contributed by atoms with Crippen molar-refractivity contribution < 1.29 is 23.7 Å². The summed E-state index contributed by atoms with van der Waals surface area (Å²) in [6, 6.07) is 3.59. The summed E-state index contributed by atoms with van der Waals surface area (Å²) < 4.78 is 21.4. The van der Waals surface area contributed by atoms with Crippen LogP contribution < -0.4 is 14.2 Å². The highest BCUT2D eigenvalue weighted by Crippen LogP contribution is 2.38. The second kappa shape index (κ2) is 24.8. The average molecular weight is 547 g/mol. The van der Waals surface area contributed by atoms with E-state index in [-0.39, 0.29) is 5.97 Å². The van der Waals surface area contributed by atoms with E-state index < -0.39 is 0 Å². The summed E-state index contributed by atoms with van der Waals surface area (Å²) in [7, 11) is 4.70. The van der Waals surface area contributed by atoms with Crippen molar-refractivity contribution in [2.24, 2.45) is 0 Å². The minimum Gasteiger partial charge on any atom is -0.493 e. The molecule has 0 spiro atoms. The van der Waals surface area contributed by atoms with Gasteiger partial charge in [-0.1, -0.05) is 129 Å². The molecule has 5 nitrogen and oxygen atoms in total. The first-order valence-electron chi connectivity index (χ1n) is 15.8. The van der Waals surface area contributed by atoms with E-state index in [9.17, 15) is 4.79 Å². The van der Waals surface area contributed by atoms with E-state index in [1.165, 1.54) is 122 Å².